The average Bonchev–Trinajstić information content (AvgIpc) is 3.06. The average molecular weight is 479 g/mol. The number of ether oxygens (including phenoxy) is 1. The van der Waals surface area contributed by atoms with Crippen LogP contribution in [0.2, 0.25) is 0 Å². The molecule has 0 spiro atoms. The number of hydrogen-bond acceptors (Lipinski definition) is 7. The summed E-state index contributed by atoms with van der Waals surface area (Å²) in [6, 6.07) is 3.37. The van der Waals surface area contributed by atoms with Gasteiger partial charge in [0.15, 0.2) is 9.84 Å². The number of allylic oxidation sites excluding steroid dienone is 1. The number of rotatable bonds is 5. The van der Waals surface area contributed by atoms with Crippen LogP contribution >= 0.6 is 0 Å². The summed E-state index contributed by atoms with van der Waals surface area (Å²) in [6.45, 7) is 0.986. The summed E-state index contributed by atoms with van der Waals surface area (Å²) in [5.41, 5.74) is -0.194. The summed E-state index contributed by atoms with van der Waals surface area (Å²) in [5, 5.41) is 2.49. The van der Waals surface area contributed by atoms with Gasteiger partial charge in [-0.05, 0) is 18.2 Å². The first-order chi connectivity index (χ1) is 14.8. The van der Waals surface area contributed by atoms with Crippen molar-refractivity contribution in [1.29, 1.82) is 0 Å². The predicted molar refractivity (Wildman–Crippen MR) is 103 cm³/mol. The molecule has 0 aliphatic carbocycles. The van der Waals surface area contributed by atoms with Crippen molar-refractivity contribution in [2.24, 2.45) is 0 Å². The Balaban J connectivity index is 1.85. The Kier molecular flexibility index (Phi) is 6.18. The lowest BCUT2D eigenvalue weighted by molar-refractivity contribution is -0.165. The number of sulfone groups is 1. The highest BCUT2D eigenvalue weighted by Gasteiger charge is 2.46. The fraction of sp³-hybridized carbons (Fsp3) is 0.389. The lowest BCUT2D eigenvalue weighted by Gasteiger charge is -2.27. The zero-order valence-corrected chi connectivity index (χ0v) is 17.3. The number of nitrogens with zero attached hydrogens (tertiary/aromatic N) is 2. The monoisotopic (exact) mass is 479 g/mol. The van der Waals surface area contributed by atoms with Crippen LogP contribution < -0.4 is 15.1 Å². The number of anilines is 2. The molecule has 1 fully saturated rings. The lowest BCUT2D eigenvalue weighted by atomic mass is 10.2. The molecule has 0 saturated carbocycles. The van der Waals surface area contributed by atoms with Crippen molar-refractivity contribution < 1.29 is 45.1 Å². The van der Waals surface area contributed by atoms with Gasteiger partial charge in [0.1, 0.15) is 16.8 Å². The molecule has 9 nitrogen and oxygen atoms in total. The largest absolute Gasteiger partial charge is 0.455 e. The van der Waals surface area contributed by atoms with Gasteiger partial charge in [0.05, 0.1) is 30.2 Å². The van der Waals surface area contributed by atoms with Crippen LogP contribution in [0.1, 0.15) is 6.92 Å². The highest BCUT2D eigenvalue weighted by molar-refractivity contribution is 7.96. The first kappa shape index (κ1) is 23.5. The summed E-state index contributed by atoms with van der Waals surface area (Å²) < 4.78 is 82.0. The van der Waals surface area contributed by atoms with Crippen LogP contribution in [0.25, 0.3) is 0 Å². The van der Waals surface area contributed by atoms with E-state index in [1.807, 2.05) is 0 Å². The Morgan fingerprint density at radius 3 is 2.56 bits per heavy atom. The van der Waals surface area contributed by atoms with Gasteiger partial charge < -0.3 is 15.0 Å². The molecular weight excluding hydrogens is 462 g/mol. The smallest absolute Gasteiger partial charge is 0.442 e. The normalized spacial score (nSPS) is 20.6. The fourth-order valence-corrected chi connectivity index (χ4v) is 4.48. The second kappa shape index (κ2) is 8.41. The van der Waals surface area contributed by atoms with Gasteiger partial charge in [0.25, 0.3) is 5.78 Å². The zero-order valence-electron chi connectivity index (χ0n) is 16.5. The van der Waals surface area contributed by atoms with E-state index < -0.39 is 50.5 Å². The van der Waals surface area contributed by atoms with Gasteiger partial charge in [0.2, 0.25) is 5.91 Å². The highest BCUT2D eigenvalue weighted by Crippen LogP contribution is 2.32. The number of carbonyl (C=O) groups excluding carboxylic acids is 3. The second-order valence-electron chi connectivity index (χ2n) is 7.02. The van der Waals surface area contributed by atoms with E-state index >= 15 is 0 Å². The zero-order chi connectivity index (χ0) is 23.8. The van der Waals surface area contributed by atoms with Crippen molar-refractivity contribution in [3.05, 3.63) is 35.1 Å². The van der Waals surface area contributed by atoms with E-state index in [-0.39, 0.29) is 36.9 Å². The number of cyclic esters (lactones) is 1. The maximum Gasteiger partial charge on any atom is 0.455 e. The molecule has 1 aromatic carbocycles. The molecule has 0 radical (unpaired) electrons. The molecule has 2 aliphatic heterocycles. The Morgan fingerprint density at radius 2 is 1.97 bits per heavy atom. The fourth-order valence-electron chi connectivity index (χ4n) is 3.14. The van der Waals surface area contributed by atoms with E-state index in [1.165, 1.54) is 13.0 Å². The van der Waals surface area contributed by atoms with Gasteiger partial charge >= 0.3 is 12.3 Å². The molecule has 1 saturated heterocycles. The molecule has 1 atom stereocenters. The number of Topliss-reactive ketones (excluding diaryl/α,β-unsaturated/α-hetero) is 1. The van der Waals surface area contributed by atoms with Gasteiger partial charge in [-0.3, -0.25) is 14.5 Å². The van der Waals surface area contributed by atoms with Crippen LogP contribution in [0.4, 0.5) is 33.7 Å². The minimum absolute atomic E-state index is 0.0179. The molecule has 2 aliphatic rings. The van der Waals surface area contributed by atoms with Crippen molar-refractivity contribution >= 4 is 39.0 Å². The number of ketones is 1. The summed E-state index contributed by atoms with van der Waals surface area (Å²) in [4.78, 5) is 35.1. The van der Waals surface area contributed by atoms with Crippen LogP contribution in [0, 0.1) is 5.82 Å². The van der Waals surface area contributed by atoms with E-state index in [1.54, 1.807) is 0 Å². The number of nitrogens with one attached hydrogen (secondary N) is 1. The molecule has 2 heterocycles. The van der Waals surface area contributed by atoms with E-state index in [0.29, 0.717) is 6.20 Å². The quantitative estimate of drug-likeness (QED) is 0.637. The van der Waals surface area contributed by atoms with Crippen LogP contribution in [0.5, 0.6) is 0 Å². The van der Waals surface area contributed by atoms with Crippen molar-refractivity contribution in [3.63, 3.8) is 0 Å². The van der Waals surface area contributed by atoms with Crippen LogP contribution in [-0.2, 0) is 24.2 Å². The number of carbonyl (C=O) groups is 3. The topological polar surface area (TPSA) is 113 Å². The lowest BCUT2D eigenvalue weighted by Crippen LogP contribution is -2.38. The van der Waals surface area contributed by atoms with Crippen molar-refractivity contribution in [2.75, 3.05) is 35.2 Å². The first-order valence-corrected chi connectivity index (χ1v) is 10.8. The molecule has 32 heavy (non-hydrogen) atoms. The Labute approximate surface area is 179 Å². The maximum atomic E-state index is 14.8. The van der Waals surface area contributed by atoms with Gasteiger partial charge in [-0.25, -0.2) is 17.6 Å². The molecular formula is C18H17F4N3O6S. The first-order valence-electron chi connectivity index (χ1n) is 9.14. The second-order valence-corrected chi connectivity index (χ2v) is 9.10. The van der Waals surface area contributed by atoms with Gasteiger partial charge in [-0.2, -0.15) is 13.2 Å². The van der Waals surface area contributed by atoms with Gasteiger partial charge in [0, 0.05) is 19.7 Å². The molecule has 1 N–H and O–H groups in total. The van der Waals surface area contributed by atoms with E-state index in [2.05, 4.69) is 5.32 Å². The van der Waals surface area contributed by atoms with Crippen LogP contribution in [0.15, 0.2) is 29.3 Å². The third kappa shape index (κ3) is 4.84. The molecule has 1 unspecified atom stereocenters. The summed E-state index contributed by atoms with van der Waals surface area (Å²) in [5.74, 6) is -4.64. The SMILES string of the molecule is CC(=O)NCC1CN(c2ccc(N3C=C(C(=O)C(F)(F)F)S(=O)(=O)CC3)c(F)c2)C(=O)O1. The van der Waals surface area contributed by atoms with Crippen molar-refractivity contribution in [3.8, 4) is 0 Å². The third-order valence-corrected chi connectivity index (χ3v) is 6.38. The summed E-state index contributed by atoms with van der Waals surface area (Å²) >= 11 is 0. The Hall–Kier alpha value is -3.16. The molecule has 0 aromatic heterocycles. The molecule has 2 amide bonds. The minimum atomic E-state index is -5.41. The minimum Gasteiger partial charge on any atom is -0.442 e. The number of hydrogen-bond donors (Lipinski definition) is 1. The molecule has 1 aromatic rings. The van der Waals surface area contributed by atoms with Gasteiger partial charge in [-0.1, -0.05) is 0 Å². The van der Waals surface area contributed by atoms with Crippen LogP contribution in [0.3, 0.4) is 0 Å². The molecule has 14 heteroatoms. The molecule has 0 bridgehead atoms. The van der Waals surface area contributed by atoms with E-state index in [0.717, 1.165) is 21.9 Å². The van der Waals surface area contributed by atoms with E-state index in [9.17, 15) is 40.4 Å². The summed E-state index contributed by atoms with van der Waals surface area (Å²) in [6.07, 6.45) is -6.40. The third-order valence-electron chi connectivity index (χ3n) is 4.70. The number of benzene rings is 1. The van der Waals surface area contributed by atoms with Crippen molar-refractivity contribution in [1.82, 2.24) is 5.32 Å². The number of halogens is 4. The number of alkyl halides is 3. The van der Waals surface area contributed by atoms with Crippen molar-refractivity contribution in [2.45, 2.75) is 19.2 Å². The standard InChI is InChI=1S/C18H17F4N3O6S/c1-10(26)23-7-12-8-25(17(28)31-12)11-2-3-14(13(19)6-11)24-4-5-32(29,30)15(9-24)16(27)18(20,21)22/h2-3,6,9,12H,4-5,7-8H2,1H3,(H,23,26). The maximum absolute atomic E-state index is 14.8. The Bertz CT molecular complexity index is 1100. The van der Waals surface area contributed by atoms with E-state index in [4.69, 9.17) is 4.74 Å². The number of amides is 2. The van der Waals surface area contributed by atoms with Crippen LogP contribution in [-0.4, -0.2) is 63.9 Å². The highest BCUT2D eigenvalue weighted by atomic mass is 32.2. The Morgan fingerprint density at radius 1 is 1.28 bits per heavy atom. The van der Waals surface area contributed by atoms with Gasteiger partial charge in [-0.15, -0.1) is 0 Å². The molecule has 174 valence electrons. The predicted octanol–water partition coefficient (Wildman–Crippen LogP) is 1.49. The summed E-state index contributed by atoms with van der Waals surface area (Å²) in [7, 11) is -4.48. The molecule has 3 rings (SSSR count).